The summed E-state index contributed by atoms with van der Waals surface area (Å²) in [5, 5.41) is 0.313. The molecule has 0 aliphatic rings. The molecule has 0 aliphatic heterocycles. The van der Waals surface area contributed by atoms with Crippen molar-refractivity contribution in [2.24, 2.45) is 0 Å². The van der Waals surface area contributed by atoms with E-state index in [2.05, 4.69) is 0 Å². The number of hydrogen-bond acceptors (Lipinski definition) is 1. The van der Waals surface area contributed by atoms with E-state index in [0.29, 0.717) is 10.6 Å². The van der Waals surface area contributed by atoms with Crippen LogP contribution >= 0.6 is 11.6 Å². The van der Waals surface area contributed by atoms with Crippen molar-refractivity contribution in [3.05, 3.63) is 34.9 Å². The summed E-state index contributed by atoms with van der Waals surface area (Å²) in [7, 11) is 0. The van der Waals surface area contributed by atoms with Crippen molar-refractivity contribution in [2.75, 3.05) is 0 Å². The topological polar surface area (TPSA) is 17.1 Å². The molecule has 5 heteroatoms. The monoisotopic (exact) mass is 236 g/mol. The first-order valence-electron chi connectivity index (χ1n) is 4.20. The van der Waals surface area contributed by atoms with Gasteiger partial charge in [-0.25, -0.2) is 0 Å². The van der Waals surface area contributed by atoms with Gasteiger partial charge in [0.15, 0.2) is 0 Å². The molecule has 0 bridgehead atoms. The van der Waals surface area contributed by atoms with Crippen molar-refractivity contribution in [3.63, 3.8) is 0 Å². The predicted molar refractivity (Wildman–Crippen MR) is 50.8 cm³/mol. The fourth-order valence-electron chi connectivity index (χ4n) is 1.14. The molecule has 0 N–H and O–H groups in total. The zero-order chi connectivity index (χ0) is 11.5. The minimum atomic E-state index is -4.45. The number of carbonyl (C=O) groups excluding carboxylic acids is 1. The van der Waals surface area contributed by atoms with Crippen molar-refractivity contribution in [3.8, 4) is 0 Å². The molecule has 0 saturated heterocycles. The third-order valence-electron chi connectivity index (χ3n) is 1.74. The highest BCUT2D eigenvalue weighted by molar-refractivity contribution is 6.31. The number of hydrogen-bond donors (Lipinski definition) is 0. The van der Waals surface area contributed by atoms with Gasteiger partial charge in [0.2, 0.25) is 0 Å². The summed E-state index contributed by atoms with van der Waals surface area (Å²) in [4.78, 5) is 11.0. The lowest BCUT2D eigenvalue weighted by atomic mass is 10.1. The molecular formula is C10H8ClF3O. The van der Waals surface area contributed by atoms with Gasteiger partial charge >= 0.3 is 6.18 Å². The standard InChI is InChI=1S/C10H8ClF3O/c11-9-4-2-1-3-7(9)5-8(15)6-10(12,13)14/h1-4H,5-6H2. The van der Waals surface area contributed by atoms with E-state index < -0.39 is 18.4 Å². The summed E-state index contributed by atoms with van der Waals surface area (Å²) < 4.78 is 35.6. The SMILES string of the molecule is O=C(Cc1ccccc1Cl)CC(F)(F)F. The molecule has 0 radical (unpaired) electrons. The van der Waals surface area contributed by atoms with Crippen LogP contribution in [0.15, 0.2) is 24.3 Å². The van der Waals surface area contributed by atoms with Crippen LogP contribution in [0.4, 0.5) is 13.2 Å². The van der Waals surface area contributed by atoms with Crippen LogP contribution in [0.5, 0.6) is 0 Å². The zero-order valence-electron chi connectivity index (χ0n) is 7.64. The second-order valence-electron chi connectivity index (χ2n) is 3.10. The van der Waals surface area contributed by atoms with Gasteiger partial charge in [0.05, 0.1) is 0 Å². The normalized spacial score (nSPS) is 11.5. The molecule has 0 heterocycles. The average Bonchev–Trinajstić information content (AvgIpc) is 2.05. The number of rotatable bonds is 3. The average molecular weight is 237 g/mol. The van der Waals surface area contributed by atoms with Crippen LogP contribution < -0.4 is 0 Å². The van der Waals surface area contributed by atoms with Gasteiger partial charge in [-0.3, -0.25) is 4.79 Å². The van der Waals surface area contributed by atoms with Crippen LogP contribution in [0.3, 0.4) is 0 Å². The second-order valence-corrected chi connectivity index (χ2v) is 3.51. The summed E-state index contributed by atoms with van der Waals surface area (Å²) in [6.45, 7) is 0. The first kappa shape index (κ1) is 12.0. The van der Waals surface area contributed by atoms with Gasteiger partial charge in [-0.2, -0.15) is 13.2 Å². The number of Topliss-reactive ketones (excluding diaryl/α,β-unsaturated/α-hetero) is 1. The number of carbonyl (C=O) groups is 1. The number of benzene rings is 1. The highest BCUT2D eigenvalue weighted by Gasteiger charge is 2.30. The predicted octanol–water partition coefficient (Wildman–Crippen LogP) is 3.40. The third-order valence-corrected chi connectivity index (χ3v) is 2.11. The Bertz CT molecular complexity index is 360. The van der Waals surface area contributed by atoms with Gasteiger partial charge in [-0.1, -0.05) is 29.8 Å². The molecule has 0 aromatic heterocycles. The van der Waals surface area contributed by atoms with Gasteiger partial charge in [0.25, 0.3) is 0 Å². The molecule has 15 heavy (non-hydrogen) atoms. The van der Waals surface area contributed by atoms with E-state index in [1.165, 1.54) is 12.1 Å². The highest BCUT2D eigenvalue weighted by atomic mass is 35.5. The molecule has 1 nitrogen and oxygen atoms in total. The van der Waals surface area contributed by atoms with Crippen LogP contribution in [0.25, 0.3) is 0 Å². The van der Waals surface area contributed by atoms with Crippen LogP contribution in [-0.4, -0.2) is 12.0 Å². The van der Waals surface area contributed by atoms with E-state index in [0.717, 1.165) is 0 Å². The van der Waals surface area contributed by atoms with Crippen LogP contribution in [0.2, 0.25) is 5.02 Å². The van der Waals surface area contributed by atoms with Gasteiger partial charge in [0, 0.05) is 11.4 Å². The molecule has 0 spiro atoms. The van der Waals surface area contributed by atoms with Crippen LogP contribution in [0.1, 0.15) is 12.0 Å². The van der Waals surface area contributed by atoms with E-state index >= 15 is 0 Å². The van der Waals surface area contributed by atoms with Crippen molar-refractivity contribution >= 4 is 17.4 Å². The Morgan fingerprint density at radius 2 is 1.87 bits per heavy atom. The van der Waals surface area contributed by atoms with E-state index in [9.17, 15) is 18.0 Å². The fourth-order valence-corrected chi connectivity index (χ4v) is 1.34. The summed E-state index contributed by atoms with van der Waals surface area (Å²) in [6, 6.07) is 6.36. The highest BCUT2D eigenvalue weighted by Crippen LogP contribution is 2.22. The quantitative estimate of drug-likeness (QED) is 0.786. The van der Waals surface area contributed by atoms with Gasteiger partial charge in [0.1, 0.15) is 12.2 Å². The lowest BCUT2D eigenvalue weighted by molar-refractivity contribution is -0.151. The molecule has 0 unspecified atom stereocenters. The van der Waals surface area contributed by atoms with E-state index in [-0.39, 0.29) is 6.42 Å². The molecule has 0 aliphatic carbocycles. The molecule has 0 fully saturated rings. The Balaban J connectivity index is 2.64. The summed E-state index contributed by atoms with van der Waals surface area (Å²) >= 11 is 5.71. The number of halogens is 4. The molecule has 1 aromatic carbocycles. The number of ketones is 1. The van der Waals surface area contributed by atoms with E-state index in [1.54, 1.807) is 12.1 Å². The minimum Gasteiger partial charge on any atom is -0.299 e. The van der Waals surface area contributed by atoms with Gasteiger partial charge in [-0.05, 0) is 11.6 Å². The maximum Gasteiger partial charge on any atom is 0.395 e. The van der Waals surface area contributed by atoms with E-state index in [1.807, 2.05) is 0 Å². The Labute approximate surface area is 89.9 Å². The Hall–Kier alpha value is -1.03. The summed E-state index contributed by atoms with van der Waals surface area (Å²) in [6.07, 6.45) is -6.13. The molecule has 1 rings (SSSR count). The smallest absolute Gasteiger partial charge is 0.299 e. The maximum atomic E-state index is 11.9. The molecule has 82 valence electrons. The second kappa shape index (κ2) is 4.66. The van der Waals surface area contributed by atoms with Crippen molar-refractivity contribution in [2.45, 2.75) is 19.0 Å². The van der Waals surface area contributed by atoms with Crippen molar-refractivity contribution < 1.29 is 18.0 Å². The Kier molecular flexibility index (Phi) is 3.74. The first-order valence-corrected chi connectivity index (χ1v) is 4.58. The Morgan fingerprint density at radius 3 is 2.40 bits per heavy atom. The summed E-state index contributed by atoms with van der Waals surface area (Å²) in [5.74, 6) is -0.879. The van der Waals surface area contributed by atoms with Gasteiger partial charge < -0.3 is 0 Å². The molecule has 1 aromatic rings. The lowest BCUT2D eigenvalue weighted by Gasteiger charge is -2.06. The van der Waals surface area contributed by atoms with Crippen molar-refractivity contribution in [1.29, 1.82) is 0 Å². The number of alkyl halides is 3. The summed E-state index contributed by atoms with van der Waals surface area (Å²) in [5.41, 5.74) is 0.424. The third kappa shape index (κ3) is 4.34. The van der Waals surface area contributed by atoms with Crippen LogP contribution in [-0.2, 0) is 11.2 Å². The Morgan fingerprint density at radius 1 is 1.27 bits per heavy atom. The molecular weight excluding hydrogens is 229 g/mol. The van der Waals surface area contributed by atoms with Crippen molar-refractivity contribution in [1.82, 2.24) is 0 Å². The fraction of sp³-hybridized carbons (Fsp3) is 0.300. The van der Waals surface area contributed by atoms with E-state index in [4.69, 9.17) is 11.6 Å². The zero-order valence-corrected chi connectivity index (χ0v) is 8.40. The van der Waals surface area contributed by atoms with Gasteiger partial charge in [-0.15, -0.1) is 0 Å². The molecule has 0 atom stereocenters. The minimum absolute atomic E-state index is 0.279. The largest absolute Gasteiger partial charge is 0.395 e. The first-order chi connectivity index (χ1) is 6.88. The van der Waals surface area contributed by atoms with Crippen LogP contribution in [0, 0.1) is 0 Å². The maximum absolute atomic E-state index is 11.9. The molecule has 0 amide bonds. The molecule has 0 saturated carbocycles. The lowest BCUT2D eigenvalue weighted by Crippen LogP contribution is -2.16.